The molecule has 1 aliphatic heterocycles. The predicted molar refractivity (Wildman–Crippen MR) is 36.3 cm³/mol. The van der Waals surface area contributed by atoms with Crippen LogP contribution in [0.15, 0.2) is 0 Å². The van der Waals surface area contributed by atoms with E-state index in [9.17, 15) is 0 Å². The molecule has 1 rings (SSSR count). The minimum absolute atomic E-state index is 0.382. The molecular formula is C6H14N2O. The Morgan fingerprint density at radius 3 is 3.33 bits per heavy atom. The molecule has 9 heavy (non-hydrogen) atoms. The van der Waals surface area contributed by atoms with Gasteiger partial charge in [-0.3, -0.25) is 0 Å². The number of nitrogens with one attached hydrogen (secondary N) is 1. The summed E-state index contributed by atoms with van der Waals surface area (Å²) in [4.78, 5) is 0. The van der Waals surface area contributed by atoms with Gasteiger partial charge in [-0.05, 0) is 13.0 Å². The fourth-order valence-electron chi connectivity index (χ4n) is 0.916. The van der Waals surface area contributed by atoms with Gasteiger partial charge in [0.25, 0.3) is 0 Å². The molecule has 1 unspecified atom stereocenters. The van der Waals surface area contributed by atoms with Crippen LogP contribution in [0.25, 0.3) is 0 Å². The zero-order valence-electron chi connectivity index (χ0n) is 5.60. The molecule has 54 valence electrons. The van der Waals surface area contributed by atoms with Crippen LogP contribution >= 0.6 is 0 Å². The highest BCUT2D eigenvalue weighted by atomic mass is 16.5. The van der Waals surface area contributed by atoms with Crippen molar-refractivity contribution in [3.63, 3.8) is 0 Å². The number of nitrogens with two attached hydrogens (primary N) is 1. The SMILES string of the molecule is NCC1COCCCN1. The third-order valence-corrected chi connectivity index (χ3v) is 1.50. The van der Waals surface area contributed by atoms with E-state index in [4.69, 9.17) is 10.5 Å². The van der Waals surface area contributed by atoms with Crippen molar-refractivity contribution in [2.75, 3.05) is 26.3 Å². The molecule has 0 bridgehead atoms. The van der Waals surface area contributed by atoms with Crippen molar-refractivity contribution in [1.82, 2.24) is 5.32 Å². The van der Waals surface area contributed by atoms with Crippen molar-refractivity contribution in [3.05, 3.63) is 0 Å². The maximum absolute atomic E-state index is 5.43. The minimum atomic E-state index is 0.382. The first kappa shape index (κ1) is 6.99. The highest BCUT2D eigenvalue weighted by Gasteiger charge is 2.07. The third-order valence-electron chi connectivity index (χ3n) is 1.50. The van der Waals surface area contributed by atoms with Gasteiger partial charge >= 0.3 is 0 Å². The molecule has 3 heteroatoms. The Labute approximate surface area is 55.6 Å². The molecule has 0 saturated carbocycles. The lowest BCUT2D eigenvalue weighted by atomic mass is 10.3. The molecule has 0 aromatic heterocycles. The molecule has 0 aromatic carbocycles. The summed E-state index contributed by atoms with van der Waals surface area (Å²) in [5.41, 5.74) is 5.43. The lowest BCUT2D eigenvalue weighted by Crippen LogP contribution is -2.38. The average molecular weight is 130 g/mol. The van der Waals surface area contributed by atoms with Crippen molar-refractivity contribution < 1.29 is 4.74 Å². The number of hydrogen-bond donors (Lipinski definition) is 2. The van der Waals surface area contributed by atoms with Crippen LogP contribution in [0.2, 0.25) is 0 Å². The van der Waals surface area contributed by atoms with Crippen LogP contribution in [0, 0.1) is 0 Å². The summed E-state index contributed by atoms with van der Waals surface area (Å²) in [6, 6.07) is 0.382. The Hall–Kier alpha value is -0.120. The van der Waals surface area contributed by atoms with Crippen LogP contribution in [-0.2, 0) is 4.74 Å². The van der Waals surface area contributed by atoms with Crippen molar-refractivity contribution in [2.24, 2.45) is 5.73 Å². The smallest absolute Gasteiger partial charge is 0.0631 e. The van der Waals surface area contributed by atoms with Crippen LogP contribution in [0.3, 0.4) is 0 Å². The zero-order chi connectivity index (χ0) is 6.53. The van der Waals surface area contributed by atoms with Crippen molar-refractivity contribution >= 4 is 0 Å². The first-order valence-electron chi connectivity index (χ1n) is 3.44. The summed E-state index contributed by atoms with van der Waals surface area (Å²) in [5, 5.41) is 3.28. The molecule has 3 nitrogen and oxygen atoms in total. The van der Waals surface area contributed by atoms with Gasteiger partial charge in [-0.15, -0.1) is 0 Å². The number of hydrogen-bond acceptors (Lipinski definition) is 3. The minimum Gasteiger partial charge on any atom is -0.380 e. The molecule has 1 atom stereocenters. The fraction of sp³-hybridized carbons (Fsp3) is 1.00. The second-order valence-electron chi connectivity index (χ2n) is 2.32. The standard InChI is InChI=1S/C6H14N2O/c7-4-6-5-9-3-1-2-8-6/h6,8H,1-5,7H2. The maximum Gasteiger partial charge on any atom is 0.0631 e. The van der Waals surface area contributed by atoms with Crippen LogP contribution in [0.4, 0.5) is 0 Å². The van der Waals surface area contributed by atoms with Crippen LogP contribution < -0.4 is 11.1 Å². The average Bonchev–Trinajstić information content (AvgIpc) is 2.13. The molecular weight excluding hydrogens is 116 g/mol. The van der Waals surface area contributed by atoms with E-state index in [1.165, 1.54) is 0 Å². The monoisotopic (exact) mass is 130 g/mol. The summed E-state index contributed by atoms with van der Waals surface area (Å²) >= 11 is 0. The molecule has 3 N–H and O–H groups in total. The summed E-state index contributed by atoms with van der Waals surface area (Å²) in [6.45, 7) is 3.38. The maximum atomic E-state index is 5.43. The van der Waals surface area contributed by atoms with E-state index in [0.29, 0.717) is 12.6 Å². The van der Waals surface area contributed by atoms with Gasteiger partial charge in [0.1, 0.15) is 0 Å². The van der Waals surface area contributed by atoms with E-state index >= 15 is 0 Å². The number of ether oxygens (including phenoxy) is 1. The zero-order valence-corrected chi connectivity index (χ0v) is 5.60. The van der Waals surface area contributed by atoms with Crippen molar-refractivity contribution in [3.8, 4) is 0 Å². The Balaban J connectivity index is 2.18. The van der Waals surface area contributed by atoms with Gasteiger partial charge in [0.05, 0.1) is 6.61 Å². The topological polar surface area (TPSA) is 47.3 Å². The predicted octanol–water partition coefficient (Wildman–Crippen LogP) is -0.676. The van der Waals surface area contributed by atoms with E-state index in [0.717, 1.165) is 26.2 Å². The Kier molecular flexibility index (Phi) is 2.97. The van der Waals surface area contributed by atoms with Gasteiger partial charge in [-0.25, -0.2) is 0 Å². The van der Waals surface area contributed by atoms with Gasteiger partial charge in [0.15, 0.2) is 0 Å². The lowest BCUT2D eigenvalue weighted by Gasteiger charge is -2.10. The largest absolute Gasteiger partial charge is 0.380 e. The van der Waals surface area contributed by atoms with E-state index in [-0.39, 0.29) is 0 Å². The van der Waals surface area contributed by atoms with Gasteiger partial charge in [-0.2, -0.15) is 0 Å². The van der Waals surface area contributed by atoms with Crippen molar-refractivity contribution in [1.29, 1.82) is 0 Å². The third kappa shape index (κ3) is 2.30. The second kappa shape index (κ2) is 3.82. The Morgan fingerprint density at radius 1 is 1.67 bits per heavy atom. The highest BCUT2D eigenvalue weighted by molar-refractivity contribution is 4.68. The Morgan fingerprint density at radius 2 is 2.56 bits per heavy atom. The molecule has 1 aliphatic rings. The van der Waals surface area contributed by atoms with Gasteiger partial charge in [-0.1, -0.05) is 0 Å². The summed E-state index contributed by atoms with van der Waals surface area (Å²) < 4.78 is 5.26. The fourth-order valence-corrected chi connectivity index (χ4v) is 0.916. The quantitative estimate of drug-likeness (QED) is 0.494. The van der Waals surface area contributed by atoms with Crippen LogP contribution in [0.1, 0.15) is 6.42 Å². The molecule has 0 aromatic rings. The van der Waals surface area contributed by atoms with Crippen LogP contribution in [0.5, 0.6) is 0 Å². The van der Waals surface area contributed by atoms with E-state index in [2.05, 4.69) is 5.32 Å². The first-order valence-corrected chi connectivity index (χ1v) is 3.44. The van der Waals surface area contributed by atoms with E-state index in [1.54, 1.807) is 0 Å². The van der Waals surface area contributed by atoms with Gasteiger partial charge in [0, 0.05) is 19.2 Å². The first-order chi connectivity index (χ1) is 4.43. The highest BCUT2D eigenvalue weighted by Crippen LogP contribution is 1.91. The van der Waals surface area contributed by atoms with Crippen molar-refractivity contribution in [2.45, 2.75) is 12.5 Å². The normalized spacial score (nSPS) is 29.7. The van der Waals surface area contributed by atoms with E-state index < -0.39 is 0 Å². The van der Waals surface area contributed by atoms with Gasteiger partial charge in [0.2, 0.25) is 0 Å². The summed E-state index contributed by atoms with van der Waals surface area (Å²) in [5.74, 6) is 0. The second-order valence-corrected chi connectivity index (χ2v) is 2.32. The molecule has 0 aliphatic carbocycles. The molecule has 0 amide bonds. The summed E-state index contributed by atoms with van der Waals surface area (Å²) in [6.07, 6.45) is 1.11. The Bertz CT molecular complexity index is 69.5. The van der Waals surface area contributed by atoms with E-state index in [1.807, 2.05) is 0 Å². The summed E-state index contributed by atoms with van der Waals surface area (Å²) in [7, 11) is 0. The molecule has 1 saturated heterocycles. The van der Waals surface area contributed by atoms with Crippen LogP contribution in [-0.4, -0.2) is 32.3 Å². The lowest BCUT2D eigenvalue weighted by molar-refractivity contribution is 0.133. The molecule has 0 radical (unpaired) electrons. The van der Waals surface area contributed by atoms with Gasteiger partial charge < -0.3 is 15.8 Å². The molecule has 1 fully saturated rings. The molecule has 0 spiro atoms. The number of rotatable bonds is 1. The molecule has 1 heterocycles.